The second kappa shape index (κ2) is 2.72. The molecule has 1 rings (SSSR count). The standard InChI is InChI=1S/C6H12INO/c1-6(9)2-5(3-6)4-8-7/h5,8-9H,2-4H2,1H3. The van der Waals surface area contributed by atoms with E-state index in [1.165, 1.54) is 0 Å². The Hall–Kier alpha value is 0.650. The molecule has 9 heavy (non-hydrogen) atoms. The van der Waals surface area contributed by atoms with Gasteiger partial charge in [0.25, 0.3) is 0 Å². The Labute approximate surface area is 69.5 Å². The molecule has 2 N–H and O–H groups in total. The van der Waals surface area contributed by atoms with Gasteiger partial charge in [0.2, 0.25) is 0 Å². The fourth-order valence-electron chi connectivity index (χ4n) is 1.44. The summed E-state index contributed by atoms with van der Waals surface area (Å²) in [4.78, 5) is 0. The molecule has 3 heteroatoms. The third-order valence-corrected chi connectivity index (χ3v) is 2.26. The summed E-state index contributed by atoms with van der Waals surface area (Å²) in [5.74, 6) is 0.705. The first kappa shape index (κ1) is 7.75. The molecule has 0 aromatic carbocycles. The van der Waals surface area contributed by atoms with E-state index in [9.17, 15) is 5.11 Å². The maximum absolute atomic E-state index is 9.28. The molecule has 0 radical (unpaired) electrons. The summed E-state index contributed by atoms with van der Waals surface area (Å²) >= 11 is 2.14. The average molecular weight is 241 g/mol. The summed E-state index contributed by atoms with van der Waals surface area (Å²) < 4.78 is 3.07. The van der Waals surface area contributed by atoms with E-state index in [-0.39, 0.29) is 5.60 Å². The molecule has 0 atom stereocenters. The summed E-state index contributed by atoms with van der Waals surface area (Å²) in [6.45, 7) is 2.94. The van der Waals surface area contributed by atoms with E-state index in [4.69, 9.17) is 0 Å². The second-order valence-corrected chi connectivity index (χ2v) is 3.87. The summed E-state index contributed by atoms with van der Waals surface area (Å²) in [5.41, 5.74) is -0.349. The van der Waals surface area contributed by atoms with Gasteiger partial charge >= 0.3 is 0 Å². The van der Waals surface area contributed by atoms with Crippen LogP contribution in [-0.4, -0.2) is 17.3 Å². The minimum absolute atomic E-state index is 0.349. The highest BCUT2D eigenvalue weighted by Gasteiger charge is 2.37. The van der Waals surface area contributed by atoms with E-state index in [1.54, 1.807) is 0 Å². The molecule has 1 fully saturated rings. The van der Waals surface area contributed by atoms with Crippen molar-refractivity contribution in [1.82, 2.24) is 3.53 Å². The Morgan fingerprint density at radius 1 is 1.78 bits per heavy atom. The lowest BCUT2D eigenvalue weighted by molar-refractivity contribution is -0.0542. The Balaban J connectivity index is 2.12. The minimum atomic E-state index is -0.349. The molecule has 2 nitrogen and oxygen atoms in total. The highest BCUT2D eigenvalue weighted by atomic mass is 127. The van der Waals surface area contributed by atoms with E-state index in [0.717, 1.165) is 19.4 Å². The summed E-state index contributed by atoms with van der Waals surface area (Å²) in [6, 6.07) is 0. The molecule has 0 spiro atoms. The van der Waals surface area contributed by atoms with Gasteiger partial charge in [0.05, 0.1) is 5.60 Å². The minimum Gasteiger partial charge on any atom is -0.390 e. The van der Waals surface area contributed by atoms with Crippen LogP contribution in [0.5, 0.6) is 0 Å². The van der Waals surface area contributed by atoms with Gasteiger partial charge in [0.1, 0.15) is 0 Å². The van der Waals surface area contributed by atoms with Gasteiger partial charge in [-0.1, -0.05) is 0 Å². The third kappa shape index (κ3) is 2.05. The molecule has 0 heterocycles. The predicted molar refractivity (Wildman–Crippen MR) is 45.4 cm³/mol. The fourth-order valence-corrected chi connectivity index (χ4v) is 2.06. The van der Waals surface area contributed by atoms with E-state index in [0.29, 0.717) is 5.92 Å². The molecule has 0 amide bonds. The lowest BCUT2D eigenvalue weighted by Crippen LogP contribution is -2.43. The van der Waals surface area contributed by atoms with Crippen LogP contribution in [0.1, 0.15) is 19.8 Å². The van der Waals surface area contributed by atoms with E-state index in [2.05, 4.69) is 26.4 Å². The van der Waals surface area contributed by atoms with Gasteiger partial charge in [0.15, 0.2) is 0 Å². The first-order valence-corrected chi connectivity index (χ1v) is 4.28. The number of nitrogens with one attached hydrogen (secondary N) is 1. The van der Waals surface area contributed by atoms with Crippen LogP contribution in [0.4, 0.5) is 0 Å². The highest BCUT2D eigenvalue weighted by Crippen LogP contribution is 2.36. The molecule has 1 aliphatic rings. The quantitative estimate of drug-likeness (QED) is 0.560. The van der Waals surface area contributed by atoms with Crippen LogP contribution in [0.2, 0.25) is 0 Å². The first-order valence-electron chi connectivity index (χ1n) is 3.20. The van der Waals surface area contributed by atoms with Crippen LogP contribution >= 0.6 is 22.9 Å². The highest BCUT2D eigenvalue weighted by molar-refractivity contribution is 14.1. The first-order chi connectivity index (χ1) is 4.14. The zero-order valence-corrected chi connectivity index (χ0v) is 7.68. The third-order valence-electron chi connectivity index (χ3n) is 1.82. The number of aliphatic hydroxyl groups is 1. The molecule has 54 valence electrons. The van der Waals surface area contributed by atoms with E-state index in [1.807, 2.05) is 6.92 Å². The van der Waals surface area contributed by atoms with Gasteiger partial charge in [-0.2, -0.15) is 0 Å². The Kier molecular flexibility index (Phi) is 2.34. The van der Waals surface area contributed by atoms with Crippen molar-refractivity contribution in [3.8, 4) is 0 Å². The normalized spacial score (nSPS) is 42.3. The van der Waals surface area contributed by atoms with Crippen molar-refractivity contribution in [3.63, 3.8) is 0 Å². The lowest BCUT2D eigenvalue weighted by Gasteiger charge is -2.40. The van der Waals surface area contributed by atoms with Crippen LogP contribution in [0.15, 0.2) is 0 Å². The van der Waals surface area contributed by atoms with Gasteiger partial charge in [-0.05, 0) is 25.7 Å². The molecule has 0 aliphatic heterocycles. The van der Waals surface area contributed by atoms with Crippen molar-refractivity contribution in [2.45, 2.75) is 25.4 Å². The summed E-state index contributed by atoms with van der Waals surface area (Å²) in [7, 11) is 0. The fraction of sp³-hybridized carbons (Fsp3) is 1.00. The number of hydrogen-bond donors (Lipinski definition) is 2. The Bertz CT molecular complexity index is 97.2. The maximum Gasteiger partial charge on any atom is 0.0626 e. The molecule has 0 aromatic heterocycles. The maximum atomic E-state index is 9.28. The van der Waals surface area contributed by atoms with Crippen molar-refractivity contribution in [2.75, 3.05) is 6.54 Å². The summed E-state index contributed by atoms with van der Waals surface area (Å²) in [6.07, 6.45) is 1.92. The van der Waals surface area contributed by atoms with Gasteiger partial charge in [-0.15, -0.1) is 0 Å². The zero-order valence-electron chi connectivity index (χ0n) is 5.52. The number of rotatable bonds is 2. The zero-order chi connectivity index (χ0) is 6.91. The topological polar surface area (TPSA) is 32.3 Å². The van der Waals surface area contributed by atoms with Crippen LogP contribution in [0, 0.1) is 5.92 Å². The molecular weight excluding hydrogens is 229 g/mol. The van der Waals surface area contributed by atoms with Gasteiger partial charge < -0.3 is 5.11 Å². The van der Waals surface area contributed by atoms with E-state index < -0.39 is 0 Å². The van der Waals surface area contributed by atoms with Gasteiger partial charge in [-0.3, -0.25) is 3.53 Å². The van der Waals surface area contributed by atoms with Crippen LogP contribution in [0.3, 0.4) is 0 Å². The van der Waals surface area contributed by atoms with Crippen LogP contribution in [-0.2, 0) is 0 Å². The average Bonchev–Trinajstić information content (AvgIpc) is 1.62. The van der Waals surface area contributed by atoms with Crippen LogP contribution < -0.4 is 3.53 Å². The molecule has 1 saturated carbocycles. The summed E-state index contributed by atoms with van der Waals surface area (Å²) in [5, 5.41) is 9.28. The molecule has 0 saturated heterocycles. The largest absolute Gasteiger partial charge is 0.390 e. The Morgan fingerprint density at radius 2 is 2.33 bits per heavy atom. The molecule has 0 aromatic rings. The van der Waals surface area contributed by atoms with Crippen molar-refractivity contribution >= 4 is 22.9 Å². The molecule has 0 bridgehead atoms. The SMILES string of the molecule is CC1(O)CC(CNI)C1. The molecule has 1 aliphatic carbocycles. The lowest BCUT2D eigenvalue weighted by atomic mass is 9.72. The van der Waals surface area contributed by atoms with Crippen LogP contribution in [0.25, 0.3) is 0 Å². The Morgan fingerprint density at radius 3 is 2.67 bits per heavy atom. The number of hydrogen-bond acceptors (Lipinski definition) is 2. The monoisotopic (exact) mass is 241 g/mol. The van der Waals surface area contributed by atoms with Gasteiger partial charge in [0, 0.05) is 29.4 Å². The molecular formula is C6H12INO. The molecule has 0 unspecified atom stereocenters. The second-order valence-electron chi connectivity index (χ2n) is 3.11. The van der Waals surface area contributed by atoms with Crippen molar-refractivity contribution in [1.29, 1.82) is 0 Å². The smallest absolute Gasteiger partial charge is 0.0626 e. The van der Waals surface area contributed by atoms with Gasteiger partial charge in [-0.25, -0.2) is 0 Å². The number of halogens is 1. The van der Waals surface area contributed by atoms with Crippen molar-refractivity contribution < 1.29 is 5.11 Å². The van der Waals surface area contributed by atoms with E-state index >= 15 is 0 Å². The van der Waals surface area contributed by atoms with Crippen molar-refractivity contribution in [3.05, 3.63) is 0 Å². The van der Waals surface area contributed by atoms with Crippen molar-refractivity contribution in [2.24, 2.45) is 5.92 Å². The predicted octanol–water partition coefficient (Wildman–Crippen LogP) is 1.09.